The molecule has 0 atom stereocenters. The van der Waals surface area contributed by atoms with Crippen molar-refractivity contribution in [3.8, 4) is 0 Å². The monoisotopic (exact) mass is 269 g/mol. The summed E-state index contributed by atoms with van der Waals surface area (Å²) in [6.45, 7) is 8.96. The lowest BCUT2D eigenvalue weighted by Crippen LogP contribution is -2.25. The van der Waals surface area contributed by atoms with Gasteiger partial charge in [0.1, 0.15) is 0 Å². The third-order valence-corrected chi connectivity index (χ3v) is 4.29. The molecule has 1 heterocycles. The quantitative estimate of drug-likeness (QED) is 0.780. The average Bonchev–Trinajstić information content (AvgIpc) is 2.65. The Morgan fingerprint density at radius 2 is 2.11 bits per heavy atom. The van der Waals surface area contributed by atoms with Crippen molar-refractivity contribution in [3.05, 3.63) is 21.4 Å². The maximum atomic E-state index is 11.9. The third kappa shape index (κ3) is 4.42. The van der Waals surface area contributed by atoms with E-state index in [0.29, 0.717) is 6.54 Å². The molecule has 0 unspecified atom stereocenters. The lowest BCUT2D eigenvalue weighted by Gasteiger charge is -2.21. The molecule has 0 bridgehead atoms. The van der Waals surface area contributed by atoms with Gasteiger partial charge in [0.2, 0.25) is 0 Å². The maximum Gasteiger partial charge on any atom is 0.261 e. The molecule has 3 nitrogen and oxygen atoms in total. The first-order valence-electron chi connectivity index (χ1n) is 6.32. The number of hydrogen-bond donors (Lipinski definition) is 2. The number of aryl methyl sites for hydroxylation is 2. The fraction of sp³-hybridized carbons (Fsp3) is 0.643. The largest absolute Gasteiger partial charge is 0.396 e. The van der Waals surface area contributed by atoms with Gasteiger partial charge in [0.05, 0.1) is 4.88 Å². The molecule has 0 aliphatic heterocycles. The van der Waals surface area contributed by atoms with Crippen LogP contribution >= 0.6 is 11.3 Å². The molecule has 1 aromatic rings. The second-order valence-electron chi connectivity index (χ2n) is 5.53. The van der Waals surface area contributed by atoms with Gasteiger partial charge in [0.15, 0.2) is 0 Å². The number of thiophene rings is 1. The van der Waals surface area contributed by atoms with Gasteiger partial charge in [0.25, 0.3) is 5.91 Å². The summed E-state index contributed by atoms with van der Waals surface area (Å²) in [7, 11) is 0. The zero-order valence-electron chi connectivity index (χ0n) is 11.7. The summed E-state index contributed by atoms with van der Waals surface area (Å²) in [5, 5.41) is 12.1. The smallest absolute Gasteiger partial charge is 0.261 e. The second-order valence-corrected chi connectivity index (χ2v) is 6.79. The molecular weight excluding hydrogens is 246 g/mol. The first-order valence-corrected chi connectivity index (χ1v) is 7.13. The number of rotatable bonds is 6. The molecule has 0 saturated heterocycles. The molecule has 1 rings (SSSR count). The van der Waals surface area contributed by atoms with E-state index >= 15 is 0 Å². The summed E-state index contributed by atoms with van der Waals surface area (Å²) in [4.78, 5) is 13.8. The predicted molar refractivity (Wildman–Crippen MR) is 76.2 cm³/mol. The Balaban J connectivity index is 2.34. The van der Waals surface area contributed by atoms with Crippen LogP contribution in [0, 0.1) is 19.3 Å². The van der Waals surface area contributed by atoms with Crippen LogP contribution in [0.2, 0.25) is 0 Å². The minimum atomic E-state index is -0.0547. The van der Waals surface area contributed by atoms with Gasteiger partial charge in [-0.15, -0.1) is 11.3 Å². The molecule has 18 heavy (non-hydrogen) atoms. The van der Waals surface area contributed by atoms with E-state index in [1.54, 1.807) is 0 Å². The van der Waals surface area contributed by atoms with Crippen molar-refractivity contribution in [1.29, 1.82) is 0 Å². The van der Waals surface area contributed by atoms with E-state index in [9.17, 15) is 4.79 Å². The molecule has 0 saturated carbocycles. The van der Waals surface area contributed by atoms with Crippen molar-refractivity contribution in [1.82, 2.24) is 5.32 Å². The van der Waals surface area contributed by atoms with Crippen LogP contribution in [0.3, 0.4) is 0 Å². The summed E-state index contributed by atoms with van der Waals surface area (Å²) >= 11 is 1.54. The summed E-state index contributed by atoms with van der Waals surface area (Å²) in [6, 6.07) is 1.94. The zero-order chi connectivity index (χ0) is 13.8. The normalized spacial score (nSPS) is 11.6. The van der Waals surface area contributed by atoms with Crippen LogP contribution < -0.4 is 5.32 Å². The molecule has 1 amide bonds. The van der Waals surface area contributed by atoms with Gasteiger partial charge in [-0.05, 0) is 43.7 Å². The van der Waals surface area contributed by atoms with Crippen LogP contribution in [0.4, 0.5) is 0 Å². The molecule has 0 aliphatic rings. The van der Waals surface area contributed by atoms with Crippen molar-refractivity contribution in [2.45, 2.75) is 40.5 Å². The van der Waals surface area contributed by atoms with Crippen molar-refractivity contribution >= 4 is 17.2 Å². The highest BCUT2D eigenvalue weighted by molar-refractivity contribution is 7.14. The Labute approximate surface area is 113 Å². The molecular formula is C14H23NO2S. The maximum absolute atomic E-state index is 11.9. The molecule has 1 aromatic heterocycles. The molecule has 0 spiro atoms. The van der Waals surface area contributed by atoms with E-state index < -0.39 is 0 Å². The number of nitrogens with one attached hydrogen (secondary N) is 1. The second kappa shape index (κ2) is 6.34. The van der Waals surface area contributed by atoms with Crippen molar-refractivity contribution in [2.75, 3.05) is 13.2 Å². The van der Waals surface area contributed by atoms with Crippen LogP contribution in [0.25, 0.3) is 0 Å². The van der Waals surface area contributed by atoms with E-state index in [-0.39, 0.29) is 17.9 Å². The fourth-order valence-corrected chi connectivity index (χ4v) is 2.57. The number of aliphatic hydroxyl groups excluding tert-OH is 1. The third-order valence-electron chi connectivity index (χ3n) is 3.13. The van der Waals surface area contributed by atoms with Crippen LogP contribution in [0.1, 0.15) is 46.8 Å². The molecule has 102 valence electrons. The Morgan fingerprint density at radius 1 is 1.44 bits per heavy atom. The van der Waals surface area contributed by atoms with Crippen LogP contribution in [0.15, 0.2) is 6.07 Å². The van der Waals surface area contributed by atoms with Gasteiger partial charge in [0, 0.05) is 18.0 Å². The van der Waals surface area contributed by atoms with Crippen molar-refractivity contribution in [2.24, 2.45) is 5.41 Å². The van der Waals surface area contributed by atoms with Gasteiger partial charge in [-0.1, -0.05) is 13.8 Å². The van der Waals surface area contributed by atoms with E-state index in [2.05, 4.69) is 5.32 Å². The van der Waals surface area contributed by atoms with Gasteiger partial charge in [-0.25, -0.2) is 0 Å². The van der Waals surface area contributed by atoms with E-state index in [0.717, 1.165) is 17.7 Å². The highest BCUT2D eigenvalue weighted by atomic mass is 32.1. The number of carbonyl (C=O) groups is 1. The van der Waals surface area contributed by atoms with Crippen molar-refractivity contribution in [3.63, 3.8) is 0 Å². The van der Waals surface area contributed by atoms with E-state index in [4.69, 9.17) is 5.11 Å². The van der Waals surface area contributed by atoms with Gasteiger partial charge in [-0.3, -0.25) is 4.79 Å². The van der Waals surface area contributed by atoms with Gasteiger partial charge >= 0.3 is 0 Å². The highest BCUT2D eigenvalue weighted by Crippen LogP contribution is 2.21. The summed E-state index contributed by atoms with van der Waals surface area (Å²) in [6.07, 6.45) is 1.80. The minimum absolute atomic E-state index is 0.0120. The lowest BCUT2D eigenvalue weighted by molar-refractivity contribution is 0.0952. The Hall–Kier alpha value is -0.870. The number of amides is 1. The predicted octanol–water partition coefficient (Wildman–Crippen LogP) is 2.89. The molecule has 0 fully saturated rings. The van der Waals surface area contributed by atoms with Crippen LogP contribution in [-0.2, 0) is 0 Å². The summed E-state index contributed by atoms with van der Waals surface area (Å²) in [5.41, 5.74) is 1.12. The molecule has 0 aromatic carbocycles. The summed E-state index contributed by atoms with van der Waals surface area (Å²) in [5.74, 6) is 0.0120. The minimum Gasteiger partial charge on any atom is -0.396 e. The lowest BCUT2D eigenvalue weighted by atomic mass is 9.89. The van der Waals surface area contributed by atoms with Crippen LogP contribution in [0.5, 0.6) is 0 Å². The first kappa shape index (κ1) is 15.2. The number of hydrogen-bond acceptors (Lipinski definition) is 3. The molecule has 0 radical (unpaired) electrons. The SMILES string of the molecule is Cc1cc(C(=O)NCCCC(C)(C)CO)sc1C. The average molecular weight is 269 g/mol. The Morgan fingerprint density at radius 3 is 2.61 bits per heavy atom. The molecule has 0 aliphatic carbocycles. The van der Waals surface area contributed by atoms with E-state index in [1.165, 1.54) is 21.8 Å². The molecule has 4 heteroatoms. The highest BCUT2D eigenvalue weighted by Gasteiger charge is 2.16. The fourth-order valence-electron chi connectivity index (χ4n) is 1.62. The number of aliphatic hydroxyl groups is 1. The number of carbonyl (C=O) groups excluding carboxylic acids is 1. The first-order chi connectivity index (χ1) is 8.35. The van der Waals surface area contributed by atoms with Gasteiger partial charge < -0.3 is 10.4 Å². The Bertz CT molecular complexity index is 390. The van der Waals surface area contributed by atoms with Crippen molar-refractivity contribution < 1.29 is 9.90 Å². The Kier molecular flexibility index (Phi) is 5.35. The van der Waals surface area contributed by atoms with Gasteiger partial charge in [-0.2, -0.15) is 0 Å². The van der Waals surface area contributed by atoms with E-state index in [1.807, 2.05) is 33.8 Å². The topological polar surface area (TPSA) is 49.3 Å². The van der Waals surface area contributed by atoms with Crippen LogP contribution in [-0.4, -0.2) is 24.2 Å². The standard InChI is InChI=1S/C14H23NO2S/c1-10-8-12(18-11(10)2)13(17)15-7-5-6-14(3,4)9-16/h8,16H,5-7,9H2,1-4H3,(H,15,17). The molecule has 2 N–H and O–H groups in total. The summed E-state index contributed by atoms with van der Waals surface area (Å²) < 4.78 is 0. The zero-order valence-corrected chi connectivity index (χ0v) is 12.5.